The fraction of sp³-hybridized carbons (Fsp3) is 0.667. The van der Waals surface area contributed by atoms with Crippen LogP contribution in [-0.2, 0) is 5.41 Å². The van der Waals surface area contributed by atoms with Crippen LogP contribution in [-0.4, -0.2) is 24.0 Å². The lowest BCUT2D eigenvalue weighted by Crippen LogP contribution is -2.39. The molecule has 2 N–H and O–H groups in total. The van der Waals surface area contributed by atoms with E-state index >= 15 is 0 Å². The lowest BCUT2D eigenvalue weighted by Gasteiger charge is -2.33. The molecule has 2 nitrogen and oxygen atoms in total. The highest BCUT2D eigenvalue weighted by molar-refractivity contribution is 5.30. The lowest BCUT2D eigenvalue weighted by molar-refractivity contribution is 0.195. The zero-order valence-corrected chi connectivity index (χ0v) is 13.5. The van der Waals surface area contributed by atoms with E-state index in [2.05, 4.69) is 56.9 Å². The first-order valence-electron chi connectivity index (χ1n) is 8.03. The molecule has 0 aliphatic carbocycles. The van der Waals surface area contributed by atoms with E-state index in [0.29, 0.717) is 6.04 Å². The maximum absolute atomic E-state index is 6.46. The van der Waals surface area contributed by atoms with Crippen molar-refractivity contribution in [2.24, 2.45) is 5.73 Å². The molecule has 20 heavy (non-hydrogen) atoms. The van der Waals surface area contributed by atoms with Crippen molar-refractivity contribution < 1.29 is 0 Å². The Hall–Kier alpha value is -0.860. The van der Waals surface area contributed by atoms with Crippen molar-refractivity contribution in [2.45, 2.75) is 64.5 Å². The molecule has 2 rings (SSSR count). The SMILES string of the molecule is CCN1CCCCC(N)C1c1ccc(C(C)(C)C)cc1. The molecule has 1 heterocycles. The molecule has 112 valence electrons. The number of hydrogen-bond acceptors (Lipinski definition) is 2. The fourth-order valence-corrected chi connectivity index (χ4v) is 3.26. The van der Waals surface area contributed by atoms with Crippen molar-refractivity contribution in [2.75, 3.05) is 13.1 Å². The molecule has 0 bridgehead atoms. The molecule has 1 aliphatic rings. The van der Waals surface area contributed by atoms with Gasteiger partial charge in [0.2, 0.25) is 0 Å². The Bertz CT molecular complexity index is 416. The zero-order chi connectivity index (χ0) is 14.8. The molecule has 1 fully saturated rings. The topological polar surface area (TPSA) is 29.3 Å². The first kappa shape index (κ1) is 15.5. The minimum atomic E-state index is 0.217. The first-order chi connectivity index (χ1) is 9.43. The predicted octanol–water partition coefficient (Wildman–Crippen LogP) is 3.86. The average molecular weight is 274 g/mol. The second-order valence-electron chi connectivity index (χ2n) is 7.11. The molecule has 0 saturated carbocycles. The number of hydrogen-bond donors (Lipinski definition) is 1. The third-order valence-electron chi connectivity index (χ3n) is 4.56. The van der Waals surface area contributed by atoms with Gasteiger partial charge in [-0.2, -0.15) is 0 Å². The number of nitrogens with two attached hydrogens (primary N) is 1. The zero-order valence-electron chi connectivity index (χ0n) is 13.5. The van der Waals surface area contributed by atoms with Crippen molar-refractivity contribution in [3.63, 3.8) is 0 Å². The second-order valence-corrected chi connectivity index (χ2v) is 7.11. The van der Waals surface area contributed by atoms with Gasteiger partial charge in [-0.3, -0.25) is 4.90 Å². The van der Waals surface area contributed by atoms with Crippen molar-refractivity contribution in [1.29, 1.82) is 0 Å². The van der Waals surface area contributed by atoms with Gasteiger partial charge in [0.25, 0.3) is 0 Å². The van der Waals surface area contributed by atoms with Crippen LogP contribution in [0.25, 0.3) is 0 Å². The average Bonchev–Trinajstić information content (AvgIpc) is 2.59. The largest absolute Gasteiger partial charge is 0.326 e. The van der Waals surface area contributed by atoms with Crippen molar-refractivity contribution in [3.05, 3.63) is 35.4 Å². The van der Waals surface area contributed by atoms with E-state index in [4.69, 9.17) is 5.73 Å². The summed E-state index contributed by atoms with van der Waals surface area (Å²) in [5.41, 5.74) is 9.45. The van der Waals surface area contributed by atoms with Gasteiger partial charge in [-0.05, 0) is 42.5 Å². The van der Waals surface area contributed by atoms with Gasteiger partial charge in [0.05, 0.1) is 0 Å². The summed E-state index contributed by atoms with van der Waals surface area (Å²) < 4.78 is 0. The van der Waals surface area contributed by atoms with Gasteiger partial charge < -0.3 is 5.73 Å². The quantitative estimate of drug-likeness (QED) is 0.887. The molecular formula is C18H30N2. The maximum Gasteiger partial charge on any atom is 0.0499 e. The fourth-order valence-electron chi connectivity index (χ4n) is 3.26. The molecule has 1 aliphatic heterocycles. The molecule has 2 atom stereocenters. The lowest BCUT2D eigenvalue weighted by atomic mass is 9.85. The Morgan fingerprint density at radius 3 is 2.35 bits per heavy atom. The molecule has 0 spiro atoms. The van der Waals surface area contributed by atoms with Crippen molar-refractivity contribution >= 4 is 0 Å². The molecule has 1 aromatic rings. The van der Waals surface area contributed by atoms with Crippen LogP contribution in [0, 0.1) is 0 Å². The van der Waals surface area contributed by atoms with E-state index in [-0.39, 0.29) is 11.5 Å². The van der Waals surface area contributed by atoms with Crippen LogP contribution in [0.5, 0.6) is 0 Å². The minimum absolute atomic E-state index is 0.217. The van der Waals surface area contributed by atoms with E-state index in [1.54, 1.807) is 0 Å². The van der Waals surface area contributed by atoms with Crippen LogP contribution in [0.4, 0.5) is 0 Å². The smallest absolute Gasteiger partial charge is 0.0499 e. The summed E-state index contributed by atoms with van der Waals surface area (Å²) in [4.78, 5) is 2.55. The molecule has 1 aromatic carbocycles. The molecule has 1 saturated heterocycles. The Balaban J connectivity index is 2.27. The van der Waals surface area contributed by atoms with Crippen LogP contribution in [0.15, 0.2) is 24.3 Å². The molecule has 2 heteroatoms. The van der Waals surface area contributed by atoms with E-state index < -0.39 is 0 Å². The second kappa shape index (κ2) is 6.28. The monoisotopic (exact) mass is 274 g/mol. The first-order valence-corrected chi connectivity index (χ1v) is 8.03. The Labute approximate surface area is 124 Å². The summed E-state index contributed by atoms with van der Waals surface area (Å²) in [6.07, 6.45) is 3.68. The normalized spacial score (nSPS) is 25.4. The van der Waals surface area contributed by atoms with Gasteiger partial charge in [0.15, 0.2) is 0 Å². The third-order valence-corrected chi connectivity index (χ3v) is 4.56. The summed E-state index contributed by atoms with van der Waals surface area (Å²) in [6, 6.07) is 9.79. The van der Waals surface area contributed by atoms with Crippen molar-refractivity contribution in [3.8, 4) is 0 Å². The molecular weight excluding hydrogens is 244 g/mol. The van der Waals surface area contributed by atoms with E-state index in [1.807, 2.05) is 0 Å². The van der Waals surface area contributed by atoms with E-state index in [9.17, 15) is 0 Å². The van der Waals surface area contributed by atoms with Gasteiger partial charge in [-0.15, -0.1) is 0 Å². The molecule has 0 radical (unpaired) electrons. The van der Waals surface area contributed by atoms with Crippen LogP contribution < -0.4 is 5.73 Å². The number of nitrogens with zero attached hydrogens (tertiary/aromatic N) is 1. The summed E-state index contributed by atoms with van der Waals surface area (Å²) in [6.45, 7) is 11.3. The Morgan fingerprint density at radius 2 is 1.80 bits per heavy atom. The van der Waals surface area contributed by atoms with E-state index in [0.717, 1.165) is 13.0 Å². The number of likely N-dealkylation sites (N-methyl/N-ethyl adjacent to an activating group) is 1. The standard InChI is InChI=1S/C18H30N2/c1-5-20-13-7-6-8-16(19)17(20)14-9-11-15(12-10-14)18(2,3)4/h9-12,16-17H,5-8,13,19H2,1-4H3. The summed E-state index contributed by atoms with van der Waals surface area (Å²) >= 11 is 0. The van der Waals surface area contributed by atoms with E-state index in [1.165, 1.54) is 30.5 Å². The highest BCUT2D eigenvalue weighted by Crippen LogP contribution is 2.31. The molecule has 2 unspecified atom stereocenters. The van der Waals surface area contributed by atoms with Crippen LogP contribution in [0.2, 0.25) is 0 Å². The predicted molar refractivity (Wildman–Crippen MR) is 87.0 cm³/mol. The number of likely N-dealkylation sites (tertiary alicyclic amines) is 1. The Morgan fingerprint density at radius 1 is 1.15 bits per heavy atom. The van der Waals surface area contributed by atoms with Crippen LogP contribution in [0.1, 0.15) is 64.1 Å². The summed E-state index contributed by atoms with van der Waals surface area (Å²) in [7, 11) is 0. The van der Waals surface area contributed by atoms with Gasteiger partial charge in [-0.1, -0.05) is 58.4 Å². The summed E-state index contributed by atoms with van der Waals surface area (Å²) in [5, 5.41) is 0. The van der Waals surface area contributed by atoms with Crippen LogP contribution >= 0.6 is 0 Å². The third kappa shape index (κ3) is 3.42. The van der Waals surface area contributed by atoms with Gasteiger partial charge >= 0.3 is 0 Å². The van der Waals surface area contributed by atoms with Gasteiger partial charge in [0.1, 0.15) is 0 Å². The summed E-state index contributed by atoms with van der Waals surface area (Å²) in [5.74, 6) is 0. The Kier molecular flexibility index (Phi) is 4.87. The van der Waals surface area contributed by atoms with Gasteiger partial charge in [0, 0.05) is 12.1 Å². The number of rotatable bonds is 2. The molecule has 0 amide bonds. The van der Waals surface area contributed by atoms with Crippen LogP contribution in [0.3, 0.4) is 0 Å². The highest BCUT2D eigenvalue weighted by Gasteiger charge is 2.28. The number of benzene rings is 1. The molecule has 0 aromatic heterocycles. The van der Waals surface area contributed by atoms with Gasteiger partial charge in [-0.25, -0.2) is 0 Å². The highest BCUT2D eigenvalue weighted by atomic mass is 15.2. The minimum Gasteiger partial charge on any atom is -0.326 e. The maximum atomic E-state index is 6.46. The van der Waals surface area contributed by atoms with Crippen molar-refractivity contribution in [1.82, 2.24) is 4.90 Å².